The Hall–Kier alpha value is -1.43. The van der Waals surface area contributed by atoms with Gasteiger partial charge in [-0.3, -0.25) is 4.79 Å². The fourth-order valence-electron chi connectivity index (χ4n) is 1.83. The summed E-state index contributed by atoms with van der Waals surface area (Å²) in [6, 6.07) is 0. The molecule has 6 nitrogen and oxygen atoms in total. The van der Waals surface area contributed by atoms with Crippen molar-refractivity contribution in [2.75, 3.05) is 6.61 Å². The highest BCUT2D eigenvalue weighted by Crippen LogP contribution is 2.23. The third-order valence-corrected chi connectivity index (χ3v) is 2.72. The molecule has 2 N–H and O–H groups in total. The number of aliphatic hydroxyl groups excluding tert-OH is 1. The van der Waals surface area contributed by atoms with Crippen molar-refractivity contribution in [1.82, 2.24) is 15.0 Å². The molecular formula is C12H21N3O3. The van der Waals surface area contributed by atoms with Crippen LogP contribution in [0.2, 0.25) is 0 Å². The lowest BCUT2D eigenvalue weighted by Gasteiger charge is -2.23. The first kappa shape index (κ1) is 14.6. The van der Waals surface area contributed by atoms with Crippen molar-refractivity contribution in [2.45, 2.75) is 46.6 Å². The van der Waals surface area contributed by atoms with Gasteiger partial charge in [0.15, 0.2) is 0 Å². The van der Waals surface area contributed by atoms with Crippen LogP contribution < -0.4 is 0 Å². The molecule has 102 valence electrons. The predicted molar refractivity (Wildman–Crippen MR) is 66.3 cm³/mol. The molecule has 0 atom stereocenters. The summed E-state index contributed by atoms with van der Waals surface area (Å²) in [7, 11) is 0. The van der Waals surface area contributed by atoms with E-state index in [0.717, 1.165) is 5.69 Å². The molecule has 1 aromatic heterocycles. The van der Waals surface area contributed by atoms with Gasteiger partial charge in [0.25, 0.3) is 0 Å². The quantitative estimate of drug-likeness (QED) is 0.793. The zero-order valence-corrected chi connectivity index (χ0v) is 11.3. The highest BCUT2D eigenvalue weighted by atomic mass is 16.4. The lowest BCUT2D eigenvalue weighted by molar-refractivity contribution is -0.136. The van der Waals surface area contributed by atoms with E-state index in [1.54, 1.807) is 4.68 Å². The van der Waals surface area contributed by atoms with E-state index in [1.165, 1.54) is 0 Å². The van der Waals surface area contributed by atoms with E-state index in [-0.39, 0.29) is 24.4 Å². The Balaban J connectivity index is 3.06. The van der Waals surface area contributed by atoms with Gasteiger partial charge in [-0.05, 0) is 5.92 Å². The molecule has 1 rings (SSSR count). The topological polar surface area (TPSA) is 88.2 Å². The predicted octanol–water partition coefficient (Wildman–Crippen LogP) is 1.05. The van der Waals surface area contributed by atoms with E-state index in [4.69, 9.17) is 5.11 Å². The second-order valence-corrected chi connectivity index (χ2v) is 5.63. The largest absolute Gasteiger partial charge is 0.481 e. The average Bonchev–Trinajstić information content (AvgIpc) is 2.59. The molecule has 0 radical (unpaired) electrons. The smallest absolute Gasteiger partial charge is 0.309 e. The van der Waals surface area contributed by atoms with Crippen LogP contribution in [0.4, 0.5) is 0 Å². The zero-order chi connectivity index (χ0) is 13.9. The molecule has 0 spiro atoms. The molecule has 0 aliphatic carbocycles. The lowest BCUT2D eigenvalue weighted by atomic mass is 9.94. The van der Waals surface area contributed by atoms with Crippen molar-refractivity contribution in [3.05, 3.63) is 11.4 Å². The SMILES string of the molecule is CC(C)c1c(CC(=O)O)nnn1CC(C)(C)CO. The molecule has 6 heteroatoms. The molecule has 18 heavy (non-hydrogen) atoms. The van der Waals surface area contributed by atoms with Crippen molar-refractivity contribution >= 4 is 5.97 Å². The lowest BCUT2D eigenvalue weighted by Crippen LogP contribution is -2.26. The van der Waals surface area contributed by atoms with Crippen LogP contribution in [0.1, 0.15) is 45.0 Å². The minimum absolute atomic E-state index is 0.0403. The van der Waals surface area contributed by atoms with E-state index >= 15 is 0 Å². The number of hydrogen-bond acceptors (Lipinski definition) is 4. The maximum atomic E-state index is 10.8. The minimum Gasteiger partial charge on any atom is -0.481 e. The Bertz CT molecular complexity index is 424. The van der Waals surface area contributed by atoms with E-state index in [2.05, 4.69) is 10.3 Å². The number of aliphatic carboxylic acids is 1. The van der Waals surface area contributed by atoms with Gasteiger partial charge in [-0.25, -0.2) is 4.68 Å². The monoisotopic (exact) mass is 255 g/mol. The molecule has 0 amide bonds. The first-order valence-electron chi connectivity index (χ1n) is 6.01. The van der Waals surface area contributed by atoms with E-state index in [9.17, 15) is 9.90 Å². The van der Waals surface area contributed by atoms with Crippen LogP contribution in [0.15, 0.2) is 0 Å². The van der Waals surface area contributed by atoms with Gasteiger partial charge in [-0.15, -0.1) is 5.10 Å². The number of rotatable bonds is 6. The first-order chi connectivity index (χ1) is 8.26. The van der Waals surface area contributed by atoms with Crippen LogP contribution in [-0.4, -0.2) is 37.8 Å². The Morgan fingerprint density at radius 3 is 2.50 bits per heavy atom. The number of hydrogen-bond donors (Lipinski definition) is 2. The molecule has 0 saturated heterocycles. The van der Waals surface area contributed by atoms with Crippen molar-refractivity contribution in [2.24, 2.45) is 5.41 Å². The second-order valence-electron chi connectivity index (χ2n) is 5.63. The normalized spacial score (nSPS) is 12.1. The van der Waals surface area contributed by atoms with Gasteiger partial charge in [-0.2, -0.15) is 0 Å². The second kappa shape index (κ2) is 5.48. The molecule has 0 fully saturated rings. The molecule has 1 aromatic rings. The fourth-order valence-corrected chi connectivity index (χ4v) is 1.83. The summed E-state index contributed by atoms with van der Waals surface area (Å²) in [5, 5.41) is 26.1. The Morgan fingerprint density at radius 1 is 1.44 bits per heavy atom. The highest BCUT2D eigenvalue weighted by molar-refractivity contribution is 5.69. The Labute approximate surface area is 107 Å². The fraction of sp³-hybridized carbons (Fsp3) is 0.750. The van der Waals surface area contributed by atoms with Crippen LogP contribution in [0, 0.1) is 5.41 Å². The molecule has 0 unspecified atom stereocenters. The van der Waals surface area contributed by atoms with Crippen LogP contribution in [0.25, 0.3) is 0 Å². The number of aromatic nitrogens is 3. The van der Waals surface area contributed by atoms with Crippen molar-refractivity contribution in [3.8, 4) is 0 Å². The van der Waals surface area contributed by atoms with E-state index in [0.29, 0.717) is 12.2 Å². The summed E-state index contributed by atoms with van der Waals surface area (Å²) < 4.78 is 1.71. The van der Waals surface area contributed by atoms with Gasteiger partial charge in [0.1, 0.15) is 0 Å². The molecule has 0 aliphatic heterocycles. The van der Waals surface area contributed by atoms with Crippen LogP contribution in [0.3, 0.4) is 0 Å². The van der Waals surface area contributed by atoms with Crippen LogP contribution in [-0.2, 0) is 17.8 Å². The number of aliphatic hydroxyl groups is 1. The Morgan fingerprint density at radius 2 is 2.06 bits per heavy atom. The molecule has 0 aromatic carbocycles. The van der Waals surface area contributed by atoms with Crippen LogP contribution >= 0.6 is 0 Å². The maximum Gasteiger partial charge on any atom is 0.309 e. The van der Waals surface area contributed by atoms with Crippen LogP contribution in [0.5, 0.6) is 0 Å². The zero-order valence-electron chi connectivity index (χ0n) is 11.3. The highest BCUT2D eigenvalue weighted by Gasteiger charge is 2.24. The summed E-state index contributed by atoms with van der Waals surface area (Å²) in [6.45, 7) is 8.37. The molecule has 1 heterocycles. The number of carboxylic acid groups (broad SMARTS) is 1. The van der Waals surface area contributed by atoms with Gasteiger partial charge >= 0.3 is 5.97 Å². The number of nitrogens with zero attached hydrogens (tertiary/aromatic N) is 3. The molecular weight excluding hydrogens is 234 g/mol. The van der Waals surface area contributed by atoms with E-state index in [1.807, 2.05) is 27.7 Å². The van der Waals surface area contributed by atoms with Crippen molar-refractivity contribution in [1.29, 1.82) is 0 Å². The summed E-state index contributed by atoms with van der Waals surface area (Å²) in [4.78, 5) is 10.8. The standard InChI is InChI=1S/C12H21N3O3/c1-8(2)11-9(5-10(17)18)13-14-15(11)6-12(3,4)7-16/h8,16H,5-7H2,1-4H3,(H,17,18). The summed E-state index contributed by atoms with van der Waals surface area (Å²) in [5.74, 6) is -0.769. The van der Waals surface area contributed by atoms with Gasteiger partial charge < -0.3 is 10.2 Å². The molecule has 0 saturated carbocycles. The van der Waals surface area contributed by atoms with Gasteiger partial charge in [0, 0.05) is 12.0 Å². The van der Waals surface area contributed by atoms with Gasteiger partial charge in [-0.1, -0.05) is 32.9 Å². The minimum atomic E-state index is -0.912. The van der Waals surface area contributed by atoms with Gasteiger partial charge in [0.2, 0.25) is 0 Å². The summed E-state index contributed by atoms with van der Waals surface area (Å²) >= 11 is 0. The summed E-state index contributed by atoms with van der Waals surface area (Å²) in [6.07, 6.45) is -0.118. The number of carbonyl (C=O) groups is 1. The molecule has 0 aliphatic rings. The third-order valence-electron chi connectivity index (χ3n) is 2.72. The van der Waals surface area contributed by atoms with Crippen molar-refractivity contribution < 1.29 is 15.0 Å². The first-order valence-corrected chi connectivity index (χ1v) is 6.01. The third kappa shape index (κ3) is 3.53. The van der Waals surface area contributed by atoms with E-state index < -0.39 is 5.97 Å². The maximum absolute atomic E-state index is 10.8. The average molecular weight is 255 g/mol. The van der Waals surface area contributed by atoms with Gasteiger partial charge in [0.05, 0.1) is 24.4 Å². The van der Waals surface area contributed by atoms with Crippen molar-refractivity contribution in [3.63, 3.8) is 0 Å². The Kier molecular flexibility index (Phi) is 4.45. The summed E-state index contributed by atoms with van der Waals surface area (Å²) in [5.41, 5.74) is 1.03. The molecule has 0 bridgehead atoms. The number of carboxylic acids is 1.